The van der Waals surface area contributed by atoms with Crippen molar-refractivity contribution in [3.05, 3.63) is 0 Å². The van der Waals surface area contributed by atoms with Crippen LogP contribution in [0.5, 0.6) is 0 Å². The Kier molecular flexibility index (Phi) is 5.07. The molecule has 1 saturated carbocycles. The molecule has 0 saturated heterocycles. The van der Waals surface area contributed by atoms with Crippen molar-refractivity contribution in [2.45, 2.75) is 40.8 Å². The summed E-state index contributed by atoms with van der Waals surface area (Å²) in [5.74, 6) is 0. The molecule has 1 aliphatic carbocycles. The summed E-state index contributed by atoms with van der Waals surface area (Å²) in [7, 11) is -3.18. The molecule has 15 heavy (non-hydrogen) atoms. The highest BCUT2D eigenvalue weighted by Gasteiger charge is 2.34. The summed E-state index contributed by atoms with van der Waals surface area (Å²) >= 11 is 3.81. The molecule has 0 bridgehead atoms. The van der Waals surface area contributed by atoms with Crippen molar-refractivity contribution >= 4 is 55.5 Å². The van der Waals surface area contributed by atoms with Crippen LogP contribution in [0.15, 0.2) is 0 Å². The largest absolute Gasteiger partial charge is 0.222 e. The van der Waals surface area contributed by atoms with E-state index < -0.39 is 10.0 Å². The fourth-order valence-electron chi connectivity index (χ4n) is 1.75. The van der Waals surface area contributed by atoms with Crippen LogP contribution in [0.25, 0.3) is 0 Å². The number of nitrogens with zero attached hydrogens (tertiary/aromatic N) is 1. The minimum Gasteiger partial charge on any atom is -0.211 e. The minimum atomic E-state index is -3.18. The van der Waals surface area contributed by atoms with Crippen LogP contribution in [0.2, 0.25) is 0 Å². The fraction of sp³-hybridized carbons (Fsp3) is 0.875. The number of sulfonamides is 1. The first-order chi connectivity index (χ1) is 6.93. The SMILES string of the molecule is N#CC1(I)CCCC(S(=O)(=O)NI)CC1. The van der Waals surface area contributed by atoms with E-state index in [2.05, 4.69) is 31.6 Å². The second-order valence-corrected chi connectivity index (χ2v) is 9.05. The minimum absolute atomic E-state index is 0.334. The molecule has 0 heterocycles. The molecule has 0 aromatic carbocycles. The molecule has 2 atom stereocenters. The Balaban J connectivity index is 2.74. The fourth-order valence-corrected chi connectivity index (χ4v) is 4.56. The molecule has 0 spiro atoms. The van der Waals surface area contributed by atoms with Gasteiger partial charge in [0.05, 0.1) is 11.3 Å². The van der Waals surface area contributed by atoms with E-state index in [0.29, 0.717) is 19.3 Å². The maximum atomic E-state index is 11.6. The maximum Gasteiger partial charge on any atom is 0.222 e. The number of rotatable bonds is 2. The van der Waals surface area contributed by atoms with E-state index in [1.54, 1.807) is 22.9 Å². The Bertz CT molecular complexity index is 365. The molecular formula is C8H12I2N2O2S. The van der Waals surface area contributed by atoms with Crippen molar-refractivity contribution in [1.29, 1.82) is 5.26 Å². The average Bonchev–Trinajstić information content (AvgIpc) is 2.41. The molecule has 7 heteroatoms. The highest BCUT2D eigenvalue weighted by Crippen LogP contribution is 2.36. The van der Waals surface area contributed by atoms with E-state index in [0.717, 1.165) is 12.8 Å². The van der Waals surface area contributed by atoms with E-state index in [1.807, 2.05) is 0 Å². The summed E-state index contributed by atoms with van der Waals surface area (Å²) < 4.78 is 25.2. The van der Waals surface area contributed by atoms with Gasteiger partial charge in [0, 0.05) is 22.9 Å². The molecule has 2 unspecified atom stereocenters. The van der Waals surface area contributed by atoms with Gasteiger partial charge in [-0.25, -0.2) is 8.42 Å². The molecule has 0 aromatic rings. The van der Waals surface area contributed by atoms with Crippen molar-refractivity contribution in [1.82, 2.24) is 2.94 Å². The van der Waals surface area contributed by atoms with Gasteiger partial charge in [-0.1, -0.05) is 22.6 Å². The Morgan fingerprint density at radius 3 is 2.60 bits per heavy atom. The number of alkyl halides is 1. The average molecular weight is 454 g/mol. The zero-order chi connectivity index (χ0) is 11.5. The van der Waals surface area contributed by atoms with Crippen LogP contribution in [-0.4, -0.2) is 17.1 Å². The second-order valence-electron chi connectivity index (χ2n) is 3.75. The molecular weight excluding hydrogens is 442 g/mol. The van der Waals surface area contributed by atoms with Crippen molar-refractivity contribution in [3.63, 3.8) is 0 Å². The van der Waals surface area contributed by atoms with Crippen molar-refractivity contribution in [3.8, 4) is 6.07 Å². The van der Waals surface area contributed by atoms with E-state index in [4.69, 9.17) is 5.26 Å². The van der Waals surface area contributed by atoms with Gasteiger partial charge in [-0.2, -0.15) is 8.20 Å². The van der Waals surface area contributed by atoms with Gasteiger partial charge in [0.15, 0.2) is 0 Å². The van der Waals surface area contributed by atoms with Crippen LogP contribution in [0, 0.1) is 11.3 Å². The predicted octanol–water partition coefficient (Wildman–Crippen LogP) is 2.29. The zero-order valence-corrected chi connectivity index (χ0v) is 13.2. The summed E-state index contributed by atoms with van der Waals surface area (Å²) in [5.41, 5.74) is 0. The van der Waals surface area contributed by atoms with Crippen molar-refractivity contribution < 1.29 is 8.42 Å². The molecule has 1 aliphatic rings. The monoisotopic (exact) mass is 454 g/mol. The third-order valence-electron chi connectivity index (χ3n) is 2.71. The van der Waals surface area contributed by atoms with Crippen LogP contribution in [0.1, 0.15) is 32.1 Å². The molecule has 0 radical (unpaired) electrons. The molecule has 0 amide bonds. The first-order valence-corrected chi connectivity index (χ1v) is 8.35. The summed E-state index contributed by atoms with van der Waals surface area (Å²) in [6, 6.07) is 2.28. The van der Waals surface area contributed by atoms with Crippen LogP contribution < -0.4 is 2.94 Å². The maximum absolute atomic E-state index is 11.6. The Hall–Kier alpha value is 0.860. The van der Waals surface area contributed by atoms with Gasteiger partial charge in [0.25, 0.3) is 0 Å². The molecule has 4 nitrogen and oxygen atoms in total. The van der Waals surface area contributed by atoms with E-state index in [-0.39, 0.29) is 8.67 Å². The Morgan fingerprint density at radius 2 is 2.07 bits per heavy atom. The highest BCUT2D eigenvalue weighted by atomic mass is 127. The van der Waals surface area contributed by atoms with Gasteiger partial charge in [-0.15, -0.1) is 0 Å². The highest BCUT2D eigenvalue weighted by molar-refractivity contribution is 14.1. The Labute approximate surface area is 118 Å². The molecule has 1 rings (SSSR count). The summed E-state index contributed by atoms with van der Waals surface area (Å²) in [5, 5.41) is 8.66. The molecule has 1 N–H and O–H groups in total. The van der Waals surface area contributed by atoms with Gasteiger partial charge in [-0.05, 0) is 32.1 Å². The lowest BCUT2D eigenvalue weighted by Gasteiger charge is -2.16. The number of halogens is 2. The number of hydrogen-bond donors (Lipinski definition) is 1. The van der Waals surface area contributed by atoms with Crippen molar-refractivity contribution in [2.75, 3.05) is 0 Å². The van der Waals surface area contributed by atoms with Crippen LogP contribution in [0.3, 0.4) is 0 Å². The molecule has 86 valence electrons. The van der Waals surface area contributed by atoms with E-state index >= 15 is 0 Å². The lowest BCUT2D eigenvalue weighted by molar-refractivity contribution is 0.562. The first-order valence-electron chi connectivity index (χ1n) is 4.65. The molecule has 0 aromatic heterocycles. The van der Waals surface area contributed by atoms with Crippen molar-refractivity contribution in [2.24, 2.45) is 0 Å². The third-order valence-corrected chi connectivity index (χ3v) is 7.43. The number of hydrogen-bond acceptors (Lipinski definition) is 3. The van der Waals surface area contributed by atoms with Crippen LogP contribution in [0.4, 0.5) is 0 Å². The number of nitrogens with one attached hydrogen (secondary N) is 1. The molecule has 1 fully saturated rings. The van der Waals surface area contributed by atoms with Crippen LogP contribution >= 0.6 is 45.5 Å². The smallest absolute Gasteiger partial charge is 0.211 e. The Morgan fingerprint density at radius 1 is 1.40 bits per heavy atom. The van der Waals surface area contributed by atoms with Gasteiger partial charge >= 0.3 is 0 Å². The summed E-state index contributed by atoms with van der Waals surface area (Å²) in [6.45, 7) is 0. The lowest BCUT2D eigenvalue weighted by atomic mass is 10.0. The zero-order valence-electron chi connectivity index (χ0n) is 8.04. The lowest BCUT2D eigenvalue weighted by Crippen LogP contribution is -2.28. The standard InChI is InChI=1S/C8H12I2N2O2S/c9-8(6-11)4-1-2-7(3-5-8)15(13,14)12-10/h7,12H,1-5H2. The second kappa shape index (κ2) is 5.46. The van der Waals surface area contributed by atoms with E-state index in [1.165, 1.54) is 0 Å². The number of nitriles is 1. The topological polar surface area (TPSA) is 70.0 Å². The summed E-state index contributed by atoms with van der Waals surface area (Å²) in [6.07, 6.45) is 3.49. The third kappa shape index (κ3) is 3.67. The van der Waals surface area contributed by atoms with Gasteiger partial charge < -0.3 is 0 Å². The van der Waals surface area contributed by atoms with Gasteiger partial charge in [-0.3, -0.25) is 0 Å². The normalized spacial score (nSPS) is 33.0. The van der Waals surface area contributed by atoms with Gasteiger partial charge in [0.2, 0.25) is 10.0 Å². The first kappa shape index (κ1) is 13.9. The van der Waals surface area contributed by atoms with Crippen LogP contribution in [-0.2, 0) is 10.0 Å². The van der Waals surface area contributed by atoms with Gasteiger partial charge in [0.1, 0.15) is 3.42 Å². The molecule has 0 aliphatic heterocycles. The predicted molar refractivity (Wildman–Crippen MR) is 75.3 cm³/mol. The summed E-state index contributed by atoms with van der Waals surface area (Å²) in [4.78, 5) is 0. The van der Waals surface area contributed by atoms with E-state index in [9.17, 15) is 8.42 Å². The quantitative estimate of drug-likeness (QED) is 0.302.